The van der Waals surface area contributed by atoms with Crippen molar-refractivity contribution in [1.29, 1.82) is 0 Å². The summed E-state index contributed by atoms with van der Waals surface area (Å²) in [5.74, 6) is 2.24. The van der Waals surface area contributed by atoms with E-state index in [0.717, 1.165) is 28.4 Å². The van der Waals surface area contributed by atoms with E-state index in [9.17, 15) is 5.11 Å². The summed E-state index contributed by atoms with van der Waals surface area (Å²) in [5.41, 5.74) is 1.84. The van der Waals surface area contributed by atoms with Crippen molar-refractivity contribution < 1.29 is 19.3 Å². The molecule has 2 atom stereocenters. The van der Waals surface area contributed by atoms with Crippen molar-refractivity contribution in [1.82, 2.24) is 0 Å². The molecule has 4 heteroatoms. The molecule has 0 fully saturated rings. The zero-order valence-electron chi connectivity index (χ0n) is 10.8. The highest BCUT2D eigenvalue weighted by atomic mass is 16.7. The van der Waals surface area contributed by atoms with Gasteiger partial charge >= 0.3 is 0 Å². The molecule has 4 nitrogen and oxygen atoms in total. The van der Waals surface area contributed by atoms with E-state index in [-0.39, 0.29) is 12.9 Å². The first-order chi connectivity index (χ1) is 9.81. The van der Waals surface area contributed by atoms with Gasteiger partial charge < -0.3 is 19.3 Å². The molecule has 0 aliphatic carbocycles. The first kappa shape index (κ1) is 11.6. The maximum Gasteiger partial charge on any atom is 0.231 e. The number of aliphatic hydroxyl groups is 1. The fraction of sp³-hybridized carbons (Fsp3) is 0.250. The lowest BCUT2D eigenvalue weighted by molar-refractivity contribution is 0.0656. The molecule has 0 saturated heterocycles. The molecular formula is C16H14O4. The first-order valence-electron chi connectivity index (χ1n) is 6.64. The Morgan fingerprint density at radius 1 is 0.950 bits per heavy atom. The summed E-state index contributed by atoms with van der Waals surface area (Å²) in [6, 6.07) is 13.4. The number of fused-ring (bicyclic) bond motifs is 2. The number of para-hydroxylation sites is 1. The van der Waals surface area contributed by atoms with Crippen LogP contribution in [0.2, 0.25) is 0 Å². The lowest BCUT2D eigenvalue weighted by atomic mass is 9.95. The minimum absolute atomic E-state index is 0.172. The summed E-state index contributed by atoms with van der Waals surface area (Å²) >= 11 is 0. The summed E-state index contributed by atoms with van der Waals surface area (Å²) in [6.45, 7) is 0.260. The van der Waals surface area contributed by atoms with Gasteiger partial charge in [0.25, 0.3) is 0 Å². The fourth-order valence-corrected chi connectivity index (χ4v) is 2.71. The van der Waals surface area contributed by atoms with Gasteiger partial charge in [0.1, 0.15) is 11.9 Å². The number of benzene rings is 2. The summed E-state index contributed by atoms with van der Waals surface area (Å²) < 4.78 is 16.7. The van der Waals surface area contributed by atoms with Gasteiger partial charge in [-0.15, -0.1) is 0 Å². The summed E-state index contributed by atoms with van der Waals surface area (Å²) in [6.07, 6.45) is -0.138. The maximum absolute atomic E-state index is 10.3. The molecule has 1 unspecified atom stereocenters. The number of rotatable bonds is 1. The molecule has 1 N–H and O–H groups in total. The van der Waals surface area contributed by atoms with Gasteiger partial charge in [-0.1, -0.05) is 24.3 Å². The van der Waals surface area contributed by atoms with Gasteiger partial charge in [-0.3, -0.25) is 0 Å². The molecule has 0 spiro atoms. The molecular weight excluding hydrogens is 256 g/mol. The van der Waals surface area contributed by atoms with Crippen LogP contribution in [0.3, 0.4) is 0 Å². The van der Waals surface area contributed by atoms with Crippen molar-refractivity contribution in [3.8, 4) is 17.2 Å². The molecule has 0 amide bonds. The second kappa shape index (κ2) is 4.42. The molecule has 2 aliphatic heterocycles. The van der Waals surface area contributed by atoms with Crippen molar-refractivity contribution in [2.45, 2.75) is 18.6 Å². The first-order valence-corrected chi connectivity index (χ1v) is 6.64. The minimum Gasteiger partial charge on any atom is -0.485 e. The van der Waals surface area contributed by atoms with Crippen LogP contribution in [0.5, 0.6) is 17.2 Å². The third kappa shape index (κ3) is 1.80. The SMILES string of the molecule is O[C@@H]1CC(c2ccc3c(c2)OCO3)Oc2ccccc21. The molecule has 2 aliphatic rings. The van der Waals surface area contributed by atoms with E-state index in [1.165, 1.54) is 0 Å². The standard InChI is InChI=1S/C16H14O4/c17-12-8-15(20-13-4-2-1-3-11(12)13)10-5-6-14-16(7-10)19-9-18-14/h1-7,12,15,17H,8-9H2/t12-,15?/m1/s1. The van der Waals surface area contributed by atoms with Crippen molar-refractivity contribution in [2.75, 3.05) is 6.79 Å². The second-order valence-corrected chi connectivity index (χ2v) is 5.01. The topological polar surface area (TPSA) is 47.9 Å². The maximum atomic E-state index is 10.3. The van der Waals surface area contributed by atoms with Crippen LogP contribution in [0, 0.1) is 0 Å². The smallest absolute Gasteiger partial charge is 0.231 e. The second-order valence-electron chi connectivity index (χ2n) is 5.01. The van der Waals surface area contributed by atoms with Crippen LogP contribution in [0.4, 0.5) is 0 Å². The summed E-state index contributed by atoms with van der Waals surface area (Å²) in [4.78, 5) is 0. The van der Waals surface area contributed by atoms with Gasteiger partial charge in [0.2, 0.25) is 6.79 Å². The molecule has 2 aromatic carbocycles. The van der Waals surface area contributed by atoms with Gasteiger partial charge in [-0.25, -0.2) is 0 Å². The highest BCUT2D eigenvalue weighted by Gasteiger charge is 2.28. The van der Waals surface area contributed by atoms with Crippen LogP contribution in [0.15, 0.2) is 42.5 Å². The molecule has 2 aromatic rings. The Morgan fingerprint density at radius 3 is 2.75 bits per heavy atom. The molecule has 0 bridgehead atoms. The third-order valence-corrected chi connectivity index (χ3v) is 3.75. The Hall–Kier alpha value is -2.20. The van der Waals surface area contributed by atoms with Gasteiger partial charge in [0, 0.05) is 12.0 Å². The predicted octanol–water partition coefficient (Wildman–Crippen LogP) is 2.97. The monoisotopic (exact) mass is 270 g/mol. The number of aliphatic hydroxyl groups excluding tert-OH is 1. The van der Waals surface area contributed by atoms with E-state index in [0.29, 0.717) is 6.42 Å². The van der Waals surface area contributed by atoms with Gasteiger partial charge in [-0.2, -0.15) is 0 Å². The van der Waals surface area contributed by atoms with Crippen LogP contribution in [-0.2, 0) is 0 Å². The Labute approximate surface area is 116 Å². The van der Waals surface area contributed by atoms with Crippen molar-refractivity contribution in [3.63, 3.8) is 0 Å². The van der Waals surface area contributed by atoms with E-state index in [2.05, 4.69) is 0 Å². The van der Waals surface area contributed by atoms with E-state index in [1.54, 1.807) is 0 Å². The normalized spacial score (nSPS) is 23.1. The predicted molar refractivity (Wildman–Crippen MR) is 72.0 cm³/mol. The van der Waals surface area contributed by atoms with Crippen LogP contribution >= 0.6 is 0 Å². The average molecular weight is 270 g/mol. The number of ether oxygens (including phenoxy) is 3. The average Bonchev–Trinajstić information content (AvgIpc) is 2.94. The molecule has 2 heterocycles. The van der Waals surface area contributed by atoms with Crippen molar-refractivity contribution in [2.24, 2.45) is 0 Å². The Balaban J connectivity index is 1.68. The van der Waals surface area contributed by atoms with Crippen LogP contribution in [0.25, 0.3) is 0 Å². The van der Waals surface area contributed by atoms with E-state index >= 15 is 0 Å². The Morgan fingerprint density at radius 2 is 1.80 bits per heavy atom. The summed E-state index contributed by atoms with van der Waals surface area (Å²) in [5, 5.41) is 10.3. The van der Waals surface area contributed by atoms with Gasteiger partial charge in [0.15, 0.2) is 11.5 Å². The molecule has 102 valence electrons. The highest BCUT2D eigenvalue weighted by Crippen LogP contribution is 2.42. The fourth-order valence-electron chi connectivity index (χ4n) is 2.71. The number of hydrogen-bond donors (Lipinski definition) is 1. The largest absolute Gasteiger partial charge is 0.485 e. The van der Waals surface area contributed by atoms with Crippen molar-refractivity contribution >= 4 is 0 Å². The quantitative estimate of drug-likeness (QED) is 0.865. The zero-order valence-corrected chi connectivity index (χ0v) is 10.8. The molecule has 20 heavy (non-hydrogen) atoms. The van der Waals surface area contributed by atoms with Gasteiger partial charge in [-0.05, 0) is 23.8 Å². The van der Waals surface area contributed by atoms with Crippen LogP contribution in [0.1, 0.15) is 29.8 Å². The van der Waals surface area contributed by atoms with E-state index in [1.807, 2.05) is 42.5 Å². The van der Waals surface area contributed by atoms with E-state index in [4.69, 9.17) is 14.2 Å². The minimum atomic E-state index is -0.504. The molecule has 0 aromatic heterocycles. The number of hydrogen-bond acceptors (Lipinski definition) is 4. The third-order valence-electron chi connectivity index (χ3n) is 3.75. The van der Waals surface area contributed by atoms with Crippen LogP contribution in [-0.4, -0.2) is 11.9 Å². The van der Waals surface area contributed by atoms with Crippen LogP contribution < -0.4 is 14.2 Å². The molecule has 0 radical (unpaired) electrons. The highest BCUT2D eigenvalue weighted by molar-refractivity contribution is 5.46. The zero-order chi connectivity index (χ0) is 13.5. The van der Waals surface area contributed by atoms with Gasteiger partial charge in [0.05, 0.1) is 6.10 Å². The molecule has 4 rings (SSSR count). The van der Waals surface area contributed by atoms with E-state index < -0.39 is 6.10 Å². The Bertz CT molecular complexity index is 653. The molecule has 0 saturated carbocycles. The van der Waals surface area contributed by atoms with Crippen molar-refractivity contribution in [3.05, 3.63) is 53.6 Å². The summed E-state index contributed by atoms with van der Waals surface area (Å²) in [7, 11) is 0. The Kier molecular flexibility index (Phi) is 2.57. The lowest BCUT2D eigenvalue weighted by Gasteiger charge is -2.29. The lowest BCUT2D eigenvalue weighted by Crippen LogP contribution is -2.18.